The van der Waals surface area contributed by atoms with Crippen molar-refractivity contribution in [1.29, 1.82) is 0 Å². The normalized spacial score (nSPS) is 14.1. The number of carbonyl (C=O) groups excluding carboxylic acids is 1. The summed E-state index contributed by atoms with van der Waals surface area (Å²) in [5.41, 5.74) is 10.3. The summed E-state index contributed by atoms with van der Waals surface area (Å²) in [4.78, 5) is 25.6. The van der Waals surface area contributed by atoms with Crippen LogP contribution in [0.25, 0.3) is 11.3 Å². The van der Waals surface area contributed by atoms with Crippen molar-refractivity contribution in [2.75, 3.05) is 24.2 Å². The van der Waals surface area contributed by atoms with Crippen molar-refractivity contribution in [3.63, 3.8) is 0 Å². The molecule has 6 bridgehead atoms. The molecule has 2 aromatic heterocycles. The number of carbonyl (C=O) groups is 1. The number of hydrogen-bond acceptors (Lipinski definition) is 8. The van der Waals surface area contributed by atoms with Gasteiger partial charge in [0.1, 0.15) is 11.5 Å². The number of benzene rings is 2. The number of hydrogen-bond donors (Lipinski definition) is 3. The van der Waals surface area contributed by atoms with Crippen molar-refractivity contribution in [3.8, 4) is 22.8 Å². The van der Waals surface area contributed by atoms with E-state index in [1.54, 1.807) is 42.9 Å². The van der Waals surface area contributed by atoms with Gasteiger partial charge in [0, 0.05) is 53.6 Å². The summed E-state index contributed by atoms with van der Waals surface area (Å²) in [6.07, 6.45) is 6.62. The third kappa shape index (κ3) is 5.59. The number of nitrogens with one attached hydrogen (secondary N) is 2. The van der Waals surface area contributed by atoms with E-state index in [1.807, 2.05) is 30.3 Å². The van der Waals surface area contributed by atoms with Gasteiger partial charge < -0.3 is 25.8 Å². The van der Waals surface area contributed by atoms with Crippen molar-refractivity contribution >= 4 is 23.2 Å². The average Bonchev–Trinajstić information content (AvgIpc) is 2.89. The smallest absolute Gasteiger partial charge is 0.251 e. The first-order chi connectivity index (χ1) is 17.7. The van der Waals surface area contributed by atoms with E-state index in [2.05, 4.69) is 25.6 Å². The summed E-state index contributed by atoms with van der Waals surface area (Å²) in [5, 5.41) is 6.19. The van der Waals surface area contributed by atoms with E-state index in [9.17, 15) is 4.79 Å². The Morgan fingerprint density at radius 3 is 2.83 bits per heavy atom. The molecule has 9 nitrogen and oxygen atoms in total. The van der Waals surface area contributed by atoms with Crippen LogP contribution in [-0.2, 0) is 11.3 Å². The summed E-state index contributed by atoms with van der Waals surface area (Å²) in [7, 11) is 0. The first-order valence-electron chi connectivity index (χ1n) is 11.7. The molecule has 182 valence electrons. The molecule has 4 N–H and O–H groups in total. The molecule has 9 heteroatoms. The predicted molar refractivity (Wildman–Crippen MR) is 137 cm³/mol. The van der Waals surface area contributed by atoms with Crippen LogP contribution in [0.3, 0.4) is 0 Å². The molecule has 2 aliphatic rings. The summed E-state index contributed by atoms with van der Waals surface area (Å²) in [5.74, 6) is 1.57. The summed E-state index contributed by atoms with van der Waals surface area (Å²) in [6, 6.07) is 16.4. The number of ether oxygens (including phenoxy) is 2. The van der Waals surface area contributed by atoms with E-state index in [1.165, 1.54) is 0 Å². The average molecular weight is 483 g/mol. The monoisotopic (exact) mass is 482 g/mol. The van der Waals surface area contributed by atoms with Crippen LogP contribution >= 0.6 is 0 Å². The second kappa shape index (κ2) is 10.8. The van der Waals surface area contributed by atoms with Gasteiger partial charge in [0.05, 0.1) is 18.5 Å². The van der Waals surface area contributed by atoms with E-state index < -0.39 is 0 Å². The highest BCUT2D eigenvalue weighted by Gasteiger charge is 2.13. The highest BCUT2D eigenvalue weighted by atomic mass is 16.5. The zero-order chi connectivity index (χ0) is 24.7. The molecular formula is C27H26N6O3. The topological polar surface area (TPSA) is 124 Å². The summed E-state index contributed by atoms with van der Waals surface area (Å²) < 4.78 is 12.0. The minimum Gasteiger partial charge on any atom is -0.455 e. The molecule has 0 atom stereocenters. The number of anilines is 3. The molecule has 0 aliphatic carbocycles. The van der Waals surface area contributed by atoms with E-state index in [4.69, 9.17) is 15.2 Å². The Bertz CT molecular complexity index is 1360. The van der Waals surface area contributed by atoms with Crippen molar-refractivity contribution in [3.05, 3.63) is 84.3 Å². The molecular weight excluding hydrogens is 456 g/mol. The molecule has 1 amide bonds. The SMILES string of the molecule is Nc1cc2ccc1-c1ccnc(n1)Nc1ccc(Oc3cccnc3)c(c1)COCCCCNC2=O. The molecule has 2 aliphatic heterocycles. The van der Waals surface area contributed by atoms with Gasteiger partial charge in [0.15, 0.2) is 0 Å². The molecule has 4 aromatic rings. The molecule has 36 heavy (non-hydrogen) atoms. The fraction of sp³-hybridized carbons (Fsp3) is 0.185. The van der Waals surface area contributed by atoms with Crippen molar-refractivity contribution in [2.45, 2.75) is 19.4 Å². The highest BCUT2D eigenvalue weighted by Crippen LogP contribution is 2.30. The van der Waals surface area contributed by atoms with Gasteiger partial charge in [-0.2, -0.15) is 0 Å². The third-order valence-corrected chi connectivity index (χ3v) is 5.68. The molecule has 0 radical (unpaired) electrons. The molecule has 0 spiro atoms. The lowest BCUT2D eigenvalue weighted by molar-refractivity contribution is 0.0945. The first-order valence-corrected chi connectivity index (χ1v) is 11.7. The van der Waals surface area contributed by atoms with E-state index in [-0.39, 0.29) is 5.91 Å². The lowest BCUT2D eigenvalue weighted by Crippen LogP contribution is -2.24. The maximum absolute atomic E-state index is 12.5. The standard InChI is InChI=1S/C27H26N6O3/c28-23-15-18-5-7-22(23)24-9-12-31-27(33-24)32-20-6-8-25(36-21-4-3-10-29-16-21)19(14-20)17-35-13-2-1-11-30-26(18)34/h3-10,12,14-16H,1-2,11,13,17,28H2,(H,30,34)(H,31,32,33). The zero-order valence-corrected chi connectivity index (χ0v) is 19.6. The molecule has 2 aromatic carbocycles. The van der Waals surface area contributed by atoms with Gasteiger partial charge in [-0.25, -0.2) is 9.97 Å². The van der Waals surface area contributed by atoms with Crippen molar-refractivity contribution in [2.24, 2.45) is 0 Å². The van der Waals surface area contributed by atoms with Crippen LogP contribution in [-0.4, -0.2) is 34.0 Å². The second-order valence-corrected chi connectivity index (χ2v) is 8.32. The number of nitrogens with zero attached hydrogens (tertiary/aromatic N) is 3. The van der Waals surface area contributed by atoms with Crippen molar-refractivity contribution in [1.82, 2.24) is 20.3 Å². The van der Waals surface area contributed by atoms with E-state index >= 15 is 0 Å². The maximum Gasteiger partial charge on any atom is 0.251 e. The van der Waals surface area contributed by atoms with Crippen LogP contribution in [0.2, 0.25) is 0 Å². The van der Waals surface area contributed by atoms with E-state index in [0.29, 0.717) is 54.2 Å². The van der Waals surface area contributed by atoms with Crippen LogP contribution < -0.4 is 21.1 Å². The minimum absolute atomic E-state index is 0.162. The number of pyridine rings is 1. The van der Waals surface area contributed by atoms with Crippen LogP contribution in [0, 0.1) is 0 Å². The molecule has 0 saturated carbocycles. The maximum atomic E-state index is 12.5. The van der Waals surface area contributed by atoms with Gasteiger partial charge >= 0.3 is 0 Å². The first kappa shape index (κ1) is 23.3. The van der Waals surface area contributed by atoms with Crippen molar-refractivity contribution < 1.29 is 14.3 Å². The number of aromatic nitrogens is 3. The zero-order valence-electron chi connectivity index (χ0n) is 19.6. The molecule has 0 fully saturated rings. The minimum atomic E-state index is -0.162. The number of nitrogen functional groups attached to an aromatic ring is 1. The second-order valence-electron chi connectivity index (χ2n) is 8.32. The van der Waals surface area contributed by atoms with E-state index in [0.717, 1.165) is 29.7 Å². The number of fused-ring (bicyclic) bond motifs is 9. The fourth-order valence-corrected chi connectivity index (χ4v) is 3.85. The number of nitrogens with two attached hydrogens (primary N) is 1. The highest BCUT2D eigenvalue weighted by molar-refractivity contribution is 5.96. The van der Waals surface area contributed by atoms with Gasteiger partial charge in [0.2, 0.25) is 5.95 Å². The Morgan fingerprint density at radius 2 is 1.97 bits per heavy atom. The van der Waals surface area contributed by atoms with Crippen LogP contribution in [0.15, 0.2) is 73.2 Å². The predicted octanol–water partition coefficient (Wildman–Crippen LogP) is 4.70. The lowest BCUT2D eigenvalue weighted by atomic mass is 10.1. The lowest BCUT2D eigenvalue weighted by Gasteiger charge is -2.14. The molecule has 0 saturated heterocycles. The van der Waals surface area contributed by atoms with Gasteiger partial charge in [-0.15, -0.1) is 0 Å². The molecule has 6 rings (SSSR count). The molecule has 0 unspecified atom stereocenters. The van der Waals surface area contributed by atoms with Gasteiger partial charge in [-0.1, -0.05) is 0 Å². The molecule has 4 heterocycles. The number of rotatable bonds is 2. The fourth-order valence-electron chi connectivity index (χ4n) is 3.85. The van der Waals surface area contributed by atoms with Crippen LogP contribution in [0.5, 0.6) is 11.5 Å². The van der Waals surface area contributed by atoms with Gasteiger partial charge in [0.25, 0.3) is 5.91 Å². The Balaban J connectivity index is 1.47. The Hall–Kier alpha value is -4.50. The van der Waals surface area contributed by atoms with Crippen LogP contribution in [0.1, 0.15) is 28.8 Å². The third-order valence-electron chi connectivity index (χ3n) is 5.68. The van der Waals surface area contributed by atoms with Crippen LogP contribution in [0.4, 0.5) is 17.3 Å². The van der Waals surface area contributed by atoms with Gasteiger partial charge in [-0.05, 0) is 67.4 Å². The Morgan fingerprint density at radius 1 is 1.03 bits per heavy atom. The Kier molecular flexibility index (Phi) is 7.00. The Labute approximate surface area is 208 Å². The van der Waals surface area contributed by atoms with Gasteiger partial charge in [-0.3, -0.25) is 9.78 Å². The summed E-state index contributed by atoms with van der Waals surface area (Å²) >= 11 is 0. The number of amides is 1. The largest absolute Gasteiger partial charge is 0.455 e. The summed E-state index contributed by atoms with van der Waals surface area (Å²) in [6.45, 7) is 1.46. The quantitative estimate of drug-likeness (QED) is 0.351.